The highest BCUT2D eigenvalue weighted by molar-refractivity contribution is 5.82. The summed E-state index contributed by atoms with van der Waals surface area (Å²) in [7, 11) is 0. The van der Waals surface area contributed by atoms with Gasteiger partial charge in [-0.15, -0.1) is 0 Å². The molecule has 0 spiro atoms. The largest absolute Gasteiger partial charge is 0.450 e. The van der Waals surface area contributed by atoms with Crippen molar-refractivity contribution in [1.82, 2.24) is 4.90 Å². The third-order valence-electron chi connectivity index (χ3n) is 1.94. The van der Waals surface area contributed by atoms with Gasteiger partial charge in [-0.3, -0.25) is 5.41 Å². The summed E-state index contributed by atoms with van der Waals surface area (Å²) in [6, 6.07) is 0. The van der Waals surface area contributed by atoms with Gasteiger partial charge in [0.15, 0.2) is 0 Å². The standard InChI is InChI=1S/C8H15N3O3/c1-2-13-8(12)11-3-4-14-6(5-11)7(9)10/h6H,2-5H2,1H3,(H3,9,10). The summed E-state index contributed by atoms with van der Waals surface area (Å²) in [6.07, 6.45) is -0.866. The topological polar surface area (TPSA) is 88.6 Å². The smallest absolute Gasteiger partial charge is 0.409 e. The van der Waals surface area contributed by atoms with Crippen molar-refractivity contribution in [3.05, 3.63) is 0 Å². The molecule has 1 rings (SSSR count). The van der Waals surface area contributed by atoms with Crippen molar-refractivity contribution < 1.29 is 14.3 Å². The van der Waals surface area contributed by atoms with Gasteiger partial charge < -0.3 is 20.1 Å². The van der Waals surface area contributed by atoms with Crippen LogP contribution in [-0.2, 0) is 9.47 Å². The monoisotopic (exact) mass is 201 g/mol. The fourth-order valence-electron chi connectivity index (χ4n) is 1.22. The molecule has 1 aliphatic rings. The second-order valence-corrected chi connectivity index (χ2v) is 2.96. The van der Waals surface area contributed by atoms with Gasteiger partial charge in [0.1, 0.15) is 11.9 Å². The highest BCUT2D eigenvalue weighted by atomic mass is 16.6. The Kier molecular flexibility index (Phi) is 3.70. The van der Waals surface area contributed by atoms with Crippen LogP contribution in [0.3, 0.4) is 0 Å². The number of nitrogens with zero attached hydrogens (tertiary/aromatic N) is 1. The number of hydrogen-bond acceptors (Lipinski definition) is 4. The van der Waals surface area contributed by atoms with E-state index in [0.717, 1.165) is 0 Å². The average molecular weight is 201 g/mol. The highest BCUT2D eigenvalue weighted by Gasteiger charge is 2.26. The number of carbonyl (C=O) groups is 1. The first kappa shape index (κ1) is 10.8. The number of nitrogens with two attached hydrogens (primary N) is 1. The van der Waals surface area contributed by atoms with Crippen LogP contribution in [0, 0.1) is 5.41 Å². The first-order valence-corrected chi connectivity index (χ1v) is 4.52. The Morgan fingerprint density at radius 2 is 2.50 bits per heavy atom. The molecule has 1 aliphatic heterocycles. The van der Waals surface area contributed by atoms with Gasteiger partial charge >= 0.3 is 6.09 Å². The van der Waals surface area contributed by atoms with E-state index in [1.54, 1.807) is 6.92 Å². The van der Waals surface area contributed by atoms with Crippen LogP contribution in [0.25, 0.3) is 0 Å². The third kappa shape index (κ3) is 2.59. The van der Waals surface area contributed by atoms with E-state index in [1.807, 2.05) is 0 Å². The lowest BCUT2D eigenvalue weighted by Gasteiger charge is -2.31. The van der Waals surface area contributed by atoms with E-state index in [9.17, 15) is 4.79 Å². The van der Waals surface area contributed by atoms with Crippen molar-refractivity contribution in [2.45, 2.75) is 13.0 Å². The minimum Gasteiger partial charge on any atom is -0.450 e. The molecule has 1 amide bonds. The molecule has 1 saturated heterocycles. The SMILES string of the molecule is CCOC(=O)N1CCOC(C(=N)N)C1. The van der Waals surface area contributed by atoms with Gasteiger partial charge in [-0.2, -0.15) is 0 Å². The Balaban J connectivity index is 2.47. The predicted molar refractivity (Wildman–Crippen MR) is 50.2 cm³/mol. The van der Waals surface area contributed by atoms with E-state index in [2.05, 4.69) is 0 Å². The van der Waals surface area contributed by atoms with E-state index in [0.29, 0.717) is 26.3 Å². The number of hydrogen-bond donors (Lipinski definition) is 2. The van der Waals surface area contributed by atoms with E-state index in [4.69, 9.17) is 20.6 Å². The number of ether oxygens (including phenoxy) is 2. The molecule has 80 valence electrons. The van der Waals surface area contributed by atoms with Crippen molar-refractivity contribution in [3.8, 4) is 0 Å². The molecule has 6 heteroatoms. The molecule has 14 heavy (non-hydrogen) atoms. The van der Waals surface area contributed by atoms with Crippen LogP contribution in [0.5, 0.6) is 0 Å². The van der Waals surface area contributed by atoms with Crippen molar-refractivity contribution in [2.75, 3.05) is 26.3 Å². The first-order valence-electron chi connectivity index (χ1n) is 4.52. The number of nitrogens with one attached hydrogen (secondary N) is 1. The number of morpholine rings is 1. The molecule has 0 aromatic rings. The first-order chi connectivity index (χ1) is 6.65. The van der Waals surface area contributed by atoms with Crippen molar-refractivity contribution in [1.29, 1.82) is 5.41 Å². The zero-order chi connectivity index (χ0) is 10.6. The molecule has 0 bridgehead atoms. The number of amidine groups is 1. The van der Waals surface area contributed by atoms with Gasteiger partial charge in [-0.1, -0.05) is 0 Å². The Hall–Kier alpha value is -1.30. The molecule has 6 nitrogen and oxygen atoms in total. The molecule has 1 heterocycles. The lowest BCUT2D eigenvalue weighted by molar-refractivity contribution is 0.00319. The fourth-order valence-corrected chi connectivity index (χ4v) is 1.22. The van der Waals surface area contributed by atoms with E-state index in [-0.39, 0.29) is 11.9 Å². The second-order valence-electron chi connectivity index (χ2n) is 2.96. The lowest BCUT2D eigenvalue weighted by atomic mass is 10.2. The molecule has 0 aromatic carbocycles. The van der Waals surface area contributed by atoms with E-state index in [1.165, 1.54) is 4.90 Å². The quantitative estimate of drug-likeness (QED) is 0.477. The highest BCUT2D eigenvalue weighted by Crippen LogP contribution is 2.06. The maximum Gasteiger partial charge on any atom is 0.409 e. The normalized spacial score (nSPS) is 21.8. The van der Waals surface area contributed by atoms with Crippen LogP contribution in [0.15, 0.2) is 0 Å². The zero-order valence-corrected chi connectivity index (χ0v) is 8.16. The Morgan fingerprint density at radius 3 is 3.07 bits per heavy atom. The maximum absolute atomic E-state index is 11.3. The Bertz CT molecular complexity index is 232. The van der Waals surface area contributed by atoms with Crippen LogP contribution in [0.4, 0.5) is 4.79 Å². The van der Waals surface area contributed by atoms with Crippen molar-refractivity contribution in [2.24, 2.45) is 5.73 Å². The predicted octanol–water partition coefficient (Wildman–Crippen LogP) is -0.220. The molecule has 1 unspecified atom stereocenters. The molecule has 0 saturated carbocycles. The van der Waals surface area contributed by atoms with Gasteiger partial charge in [0, 0.05) is 6.54 Å². The van der Waals surface area contributed by atoms with Crippen LogP contribution >= 0.6 is 0 Å². The zero-order valence-electron chi connectivity index (χ0n) is 8.16. The summed E-state index contributed by atoms with van der Waals surface area (Å²) in [4.78, 5) is 12.8. The van der Waals surface area contributed by atoms with Gasteiger partial charge in [-0.25, -0.2) is 4.79 Å². The fraction of sp³-hybridized carbons (Fsp3) is 0.750. The summed E-state index contributed by atoms with van der Waals surface area (Å²) >= 11 is 0. The average Bonchev–Trinajstić information content (AvgIpc) is 2.18. The van der Waals surface area contributed by atoms with Crippen LogP contribution in [-0.4, -0.2) is 49.2 Å². The summed E-state index contributed by atoms with van der Waals surface area (Å²) < 4.78 is 10.0. The van der Waals surface area contributed by atoms with E-state index < -0.39 is 6.10 Å². The van der Waals surface area contributed by atoms with Gasteiger partial charge in [0.2, 0.25) is 0 Å². The molecule has 3 N–H and O–H groups in total. The Labute approximate surface area is 82.5 Å². The molecule has 0 aromatic heterocycles. The summed E-state index contributed by atoms with van der Waals surface area (Å²) in [5.41, 5.74) is 5.28. The molecular formula is C8H15N3O3. The third-order valence-corrected chi connectivity index (χ3v) is 1.94. The minimum atomic E-state index is -0.492. The molecule has 1 fully saturated rings. The second kappa shape index (κ2) is 4.80. The van der Waals surface area contributed by atoms with Crippen LogP contribution in [0.2, 0.25) is 0 Å². The lowest BCUT2D eigenvalue weighted by Crippen LogP contribution is -2.50. The summed E-state index contributed by atoms with van der Waals surface area (Å²) in [5, 5.41) is 7.20. The molecule has 1 atom stereocenters. The maximum atomic E-state index is 11.3. The summed E-state index contributed by atoms with van der Waals surface area (Å²) in [6.45, 7) is 3.28. The molecule has 0 radical (unpaired) electrons. The van der Waals surface area contributed by atoms with Crippen LogP contribution in [0.1, 0.15) is 6.92 Å². The number of amides is 1. The minimum absolute atomic E-state index is 0.0565. The van der Waals surface area contributed by atoms with Crippen molar-refractivity contribution in [3.63, 3.8) is 0 Å². The van der Waals surface area contributed by atoms with Crippen molar-refractivity contribution >= 4 is 11.9 Å². The summed E-state index contributed by atoms with van der Waals surface area (Å²) in [5.74, 6) is -0.0565. The van der Waals surface area contributed by atoms with E-state index >= 15 is 0 Å². The van der Waals surface area contributed by atoms with Crippen LogP contribution < -0.4 is 5.73 Å². The van der Waals surface area contributed by atoms with Gasteiger partial charge in [0.25, 0.3) is 0 Å². The molecule has 0 aliphatic carbocycles. The molecular weight excluding hydrogens is 186 g/mol. The van der Waals surface area contributed by atoms with Gasteiger partial charge in [0.05, 0.1) is 19.8 Å². The number of carbonyl (C=O) groups excluding carboxylic acids is 1. The number of rotatable bonds is 2. The van der Waals surface area contributed by atoms with Gasteiger partial charge in [-0.05, 0) is 6.92 Å². The Morgan fingerprint density at radius 1 is 1.79 bits per heavy atom.